The molecule has 0 spiro atoms. The van der Waals surface area contributed by atoms with Gasteiger partial charge in [0.1, 0.15) is 6.10 Å². The van der Waals surface area contributed by atoms with Gasteiger partial charge in [-0.15, -0.1) is 0 Å². The molecule has 0 aliphatic carbocycles. The lowest BCUT2D eigenvalue weighted by Crippen LogP contribution is -2.39. The highest BCUT2D eigenvalue weighted by atomic mass is 19.4. The first kappa shape index (κ1) is 20.4. The third-order valence-electron chi connectivity index (χ3n) is 5.92. The van der Waals surface area contributed by atoms with Crippen molar-refractivity contribution in [3.63, 3.8) is 0 Å². The van der Waals surface area contributed by atoms with Crippen LogP contribution in [0.15, 0.2) is 43.0 Å². The van der Waals surface area contributed by atoms with Crippen LogP contribution in [0.3, 0.4) is 0 Å². The second-order valence-corrected chi connectivity index (χ2v) is 7.98. The first-order valence-corrected chi connectivity index (χ1v) is 10.2. The summed E-state index contributed by atoms with van der Waals surface area (Å²) in [6.07, 6.45) is 1.98. The van der Waals surface area contributed by atoms with Crippen LogP contribution < -0.4 is 4.74 Å². The summed E-state index contributed by atoms with van der Waals surface area (Å²) >= 11 is 0. The molecule has 8 nitrogen and oxygen atoms in total. The van der Waals surface area contributed by atoms with Gasteiger partial charge in [0.05, 0.1) is 42.1 Å². The van der Waals surface area contributed by atoms with Crippen LogP contribution >= 0.6 is 0 Å². The van der Waals surface area contributed by atoms with Gasteiger partial charge in [0.15, 0.2) is 5.69 Å². The van der Waals surface area contributed by atoms with E-state index in [0.717, 1.165) is 24.6 Å². The van der Waals surface area contributed by atoms with Crippen molar-refractivity contribution in [2.45, 2.75) is 50.6 Å². The zero-order valence-corrected chi connectivity index (χ0v) is 17.0. The average molecular weight is 444 g/mol. The van der Waals surface area contributed by atoms with Crippen molar-refractivity contribution < 1.29 is 22.7 Å². The molecule has 2 aromatic heterocycles. The van der Waals surface area contributed by atoms with E-state index in [9.17, 15) is 18.0 Å². The zero-order chi connectivity index (χ0) is 22.5. The van der Waals surface area contributed by atoms with Crippen molar-refractivity contribution in [3.8, 4) is 11.6 Å². The van der Waals surface area contributed by atoms with Crippen LogP contribution in [-0.2, 0) is 6.18 Å². The summed E-state index contributed by atoms with van der Waals surface area (Å²) in [5.41, 5.74) is 0.977. The molecule has 2 fully saturated rings. The van der Waals surface area contributed by atoms with E-state index in [-0.39, 0.29) is 30.0 Å². The standard InChI is InChI=1S/C21H19F3N6O2/c1-12-2-4-14(16(8-12)30-27-6-7-28-30)20(31)29-13-3-5-15(29)17(9-13)32-19-11-25-18(10-26-19)21(22,23)24/h2,4,6-8,10-11,13,15,17H,3,5,9H2,1H3/t13-,15+,17-/m1/s1. The first-order valence-electron chi connectivity index (χ1n) is 10.2. The number of nitrogens with zero attached hydrogens (tertiary/aromatic N) is 6. The van der Waals surface area contributed by atoms with E-state index in [1.165, 1.54) is 4.80 Å². The largest absolute Gasteiger partial charge is 0.471 e. The second kappa shape index (κ2) is 7.57. The summed E-state index contributed by atoms with van der Waals surface area (Å²) in [7, 11) is 0. The lowest BCUT2D eigenvalue weighted by atomic mass is 9.98. The molecule has 0 unspecified atom stereocenters. The maximum atomic E-state index is 13.5. The van der Waals surface area contributed by atoms with Gasteiger partial charge < -0.3 is 9.64 Å². The van der Waals surface area contributed by atoms with E-state index in [4.69, 9.17) is 4.74 Å². The molecule has 5 rings (SSSR count). The number of rotatable bonds is 4. The lowest BCUT2D eigenvalue weighted by molar-refractivity contribution is -0.141. The molecule has 3 atom stereocenters. The fourth-order valence-electron chi connectivity index (χ4n) is 4.52. The summed E-state index contributed by atoms with van der Waals surface area (Å²) in [6, 6.07) is 5.28. The van der Waals surface area contributed by atoms with E-state index < -0.39 is 11.9 Å². The van der Waals surface area contributed by atoms with Crippen LogP contribution in [0.2, 0.25) is 0 Å². The van der Waals surface area contributed by atoms with E-state index in [0.29, 0.717) is 23.9 Å². The number of ether oxygens (including phenoxy) is 1. The molecule has 4 heterocycles. The summed E-state index contributed by atoms with van der Waals surface area (Å²) < 4.78 is 44.0. The number of hydrogen-bond acceptors (Lipinski definition) is 6. The Morgan fingerprint density at radius 2 is 1.91 bits per heavy atom. The van der Waals surface area contributed by atoms with Crippen LogP contribution in [0.1, 0.15) is 40.9 Å². The average Bonchev–Trinajstić information content (AvgIpc) is 3.49. The molecular weight excluding hydrogens is 425 g/mol. The Morgan fingerprint density at radius 3 is 2.59 bits per heavy atom. The number of benzene rings is 1. The highest BCUT2D eigenvalue weighted by molar-refractivity contribution is 5.98. The van der Waals surface area contributed by atoms with Crippen LogP contribution in [0.5, 0.6) is 5.88 Å². The summed E-state index contributed by atoms with van der Waals surface area (Å²) in [6.45, 7) is 1.93. The third kappa shape index (κ3) is 3.57. The molecule has 1 aromatic carbocycles. The second-order valence-electron chi connectivity index (χ2n) is 7.98. The molecular formula is C21H19F3N6O2. The fraction of sp³-hybridized carbons (Fsp3) is 0.381. The highest BCUT2D eigenvalue weighted by Crippen LogP contribution is 2.41. The number of hydrogen-bond donors (Lipinski definition) is 0. The molecule has 1 amide bonds. The Labute approximate surface area is 181 Å². The van der Waals surface area contributed by atoms with Gasteiger partial charge in [0, 0.05) is 12.5 Å². The van der Waals surface area contributed by atoms with Crippen molar-refractivity contribution in [1.29, 1.82) is 0 Å². The van der Waals surface area contributed by atoms with Crippen LogP contribution in [0, 0.1) is 6.92 Å². The van der Waals surface area contributed by atoms with Crippen molar-refractivity contribution in [1.82, 2.24) is 29.9 Å². The van der Waals surface area contributed by atoms with Gasteiger partial charge in [-0.2, -0.15) is 28.2 Å². The minimum Gasteiger partial charge on any atom is -0.471 e. The Kier molecular flexibility index (Phi) is 4.83. The highest BCUT2D eigenvalue weighted by Gasteiger charge is 2.50. The molecule has 0 radical (unpaired) electrons. The SMILES string of the molecule is Cc1ccc(C(=O)N2[C@@H]3CC[C@H]2[C@H](Oc2cnc(C(F)(F)F)cn2)C3)c(-n2nccn2)c1. The minimum atomic E-state index is -4.56. The van der Waals surface area contributed by atoms with Gasteiger partial charge in [-0.1, -0.05) is 6.07 Å². The summed E-state index contributed by atoms with van der Waals surface area (Å²) in [5.74, 6) is -0.130. The molecule has 2 aliphatic rings. The minimum absolute atomic E-state index is 0.0136. The van der Waals surface area contributed by atoms with Crippen molar-refractivity contribution in [3.05, 3.63) is 59.8 Å². The zero-order valence-electron chi connectivity index (χ0n) is 17.0. The number of carbonyl (C=O) groups excluding carboxylic acids is 1. The summed E-state index contributed by atoms with van der Waals surface area (Å²) in [5, 5.41) is 8.32. The van der Waals surface area contributed by atoms with Crippen LogP contribution in [0.4, 0.5) is 13.2 Å². The Morgan fingerprint density at radius 1 is 1.12 bits per heavy atom. The van der Waals surface area contributed by atoms with Crippen molar-refractivity contribution in [2.75, 3.05) is 0 Å². The van der Waals surface area contributed by atoms with Gasteiger partial charge in [0.25, 0.3) is 5.91 Å². The first-order chi connectivity index (χ1) is 15.3. The smallest absolute Gasteiger partial charge is 0.434 e. The number of halogens is 3. The number of aryl methyl sites for hydroxylation is 1. The van der Waals surface area contributed by atoms with Gasteiger partial charge in [-0.3, -0.25) is 4.79 Å². The predicted molar refractivity (Wildman–Crippen MR) is 105 cm³/mol. The monoisotopic (exact) mass is 444 g/mol. The fourth-order valence-corrected chi connectivity index (χ4v) is 4.52. The Bertz CT molecular complexity index is 1130. The maximum Gasteiger partial charge on any atom is 0.434 e. The van der Waals surface area contributed by atoms with E-state index in [1.807, 2.05) is 24.0 Å². The molecule has 2 saturated heterocycles. The van der Waals surface area contributed by atoms with E-state index in [2.05, 4.69) is 20.2 Å². The molecule has 2 aliphatic heterocycles. The number of aromatic nitrogens is 5. The molecule has 32 heavy (non-hydrogen) atoms. The Balaban J connectivity index is 1.37. The van der Waals surface area contributed by atoms with Gasteiger partial charge in [-0.05, 0) is 37.5 Å². The van der Waals surface area contributed by atoms with E-state index >= 15 is 0 Å². The van der Waals surface area contributed by atoms with E-state index in [1.54, 1.807) is 18.5 Å². The predicted octanol–water partition coefficient (Wildman–Crippen LogP) is 3.21. The van der Waals surface area contributed by atoms with Crippen LogP contribution in [0.25, 0.3) is 5.69 Å². The molecule has 3 aromatic rings. The molecule has 0 saturated carbocycles. The maximum absolute atomic E-state index is 13.5. The molecule has 11 heteroatoms. The van der Waals surface area contributed by atoms with Crippen molar-refractivity contribution in [2.24, 2.45) is 0 Å². The number of alkyl halides is 3. The molecule has 0 N–H and O–H groups in total. The quantitative estimate of drug-likeness (QED) is 0.614. The number of amides is 1. The van der Waals surface area contributed by atoms with Crippen LogP contribution in [-0.4, -0.2) is 54.0 Å². The third-order valence-corrected chi connectivity index (χ3v) is 5.92. The molecule has 2 bridgehead atoms. The van der Waals surface area contributed by atoms with Gasteiger partial charge in [0.2, 0.25) is 5.88 Å². The normalized spacial score (nSPS) is 22.4. The number of carbonyl (C=O) groups is 1. The van der Waals surface area contributed by atoms with Gasteiger partial charge in [-0.25, -0.2) is 9.97 Å². The Hall–Kier alpha value is -3.50. The number of fused-ring (bicyclic) bond motifs is 2. The lowest BCUT2D eigenvalue weighted by Gasteiger charge is -2.25. The van der Waals surface area contributed by atoms with Gasteiger partial charge >= 0.3 is 6.18 Å². The van der Waals surface area contributed by atoms with Crippen molar-refractivity contribution >= 4 is 5.91 Å². The topological polar surface area (TPSA) is 86.0 Å². The summed E-state index contributed by atoms with van der Waals surface area (Å²) in [4.78, 5) is 23.9. The molecule has 166 valence electrons.